The van der Waals surface area contributed by atoms with Crippen molar-refractivity contribution in [2.75, 3.05) is 6.79 Å². The highest BCUT2D eigenvalue weighted by Gasteiger charge is 2.18. The summed E-state index contributed by atoms with van der Waals surface area (Å²) in [7, 11) is 0. The fourth-order valence-electron chi connectivity index (χ4n) is 2.33. The molecular weight excluding hydrogens is 372 g/mol. The van der Waals surface area contributed by atoms with Gasteiger partial charge in [-0.25, -0.2) is 4.79 Å². The molecular formula is C18H16N2O8. The van der Waals surface area contributed by atoms with Gasteiger partial charge in [0, 0.05) is 12.6 Å². The van der Waals surface area contributed by atoms with E-state index >= 15 is 0 Å². The molecule has 0 saturated heterocycles. The minimum atomic E-state index is -1.03. The van der Waals surface area contributed by atoms with Crippen molar-refractivity contribution in [3.05, 3.63) is 57.8 Å². The zero-order chi connectivity index (χ0) is 20.1. The number of benzene rings is 1. The maximum Gasteiger partial charge on any atom is 0.433 e. The summed E-state index contributed by atoms with van der Waals surface area (Å²) in [6.07, 6.45) is 1.20. The van der Waals surface area contributed by atoms with Crippen LogP contribution in [0.1, 0.15) is 18.2 Å². The molecule has 1 atom stereocenters. The monoisotopic (exact) mass is 388 g/mol. The van der Waals surface area contributed by atoms with Crippen molar-refractivity contribution in [3.63, 3.8) is 0 Å². The number of esters is 1. The summed E-state index contributed by atoms with van der Waals surface area (Å²) in [6.45, 7) is 1.82. The highest BCUT2D eigenvalue weighted by atomic mass is 16.7. The van der Waals surface area contributed by atoms with Crippen LogP contribution in [-0.4, -0.2) is 29.7 Å². The van der Waals surface area contributed by atoms with Crippen molar-refractivity contribution in [3.8, 4) is 11.5 Å². The third-order valence-electron chi connectivity index (χ3n) is 3.74. The van der Waals surface area contributed by atoms with Gasteiger partial charge in [-0.1, -0.05) is 6.07 Å². The van der Waals surface area contributed by atoms with E-state index in [1.165, 1.54) is 19.1 Å². The predicted molar refractivity (Wildman–Crippen MR) is 94.4 cm³/mol. The summed E-state index contributed by atoms with van der Waals surface area (Å²) in [5.41, 5.74) is 0.801. The summed E-state index contributed by atoms with van der Waals surface area (Å²) in [4.78, 5) is 33.7. The van der Waals surface area contributed by atoms with E-state index in [2.05, 4.69) is 5.32 Å². The first kappa shape index (κ1) is 19.0. The Kier molecular flexibility index (Phi) is 5.58. The first-order valence-electron chi connectivity index (χ1n) is 8.21. The Morgan fingerprint density at radius 3 is 2.82 bits per heavy atom. The molecule has 28 heavy (non-hydrogen) atoms. The number of furan rings is 1. The van der Waals surface area contributed by atoms with E-state index in [0.29, 0.717) is 11.5 Å². The van der Waals surface area contributed by atoms with Crippen molar-refractivity contribution in [2.24, 2.45) is 0 Å². The average Bonchev–Trinajstić information content (AvgIpc) is 3.33. The molecule has 0 bridgehead atoms. The second-order valence-electron chi connectivity index (χ2n) is 5.75. The van der Waals surface area contributed by atoms with E-state index in [9.17, 15) is 19.7 Å². The first-order chi connectivity index (χ1) is 13.4. The number of nitro groups is 1. The van der Waals surface area contributed by atoms with E-state index < -0.39 is 28.8 Å². The van der Waals surface area contributed by atoms with Gasteiger partial charge in [0.05, 0.1) is 6.07 Å². The number of ether oxygens (including phenoxy) is 3. The Morgan fingerprint density at radius 2 is 2.07 bits per heavy atom. The molecule has 1 amide bonds. The van der Waals surface area contributed by atoms with Gasteiger partial charge in [-0.2, -0.15) is 0 Å². The number of carbonyl (C=O) groups excluding carboxylic acids is 2. The van der Waals surface area contributed by atoms with Crippen LogP contribution in [0, 0.1) is 10.1 Å². The maximum absolute atomic E-state index is 12.1. The second kappa shape index (κ2) is 8.25. The fraction of sp³-hybridized carbons (Fsp3) is 0.222. The molecule has 0 radical (unpaired) electrons. The topological polar surface area (TPSA) is 130 Å². The summed E-state index contributed by atoms with van der Waals surface area (Å²) in [6, 6.07) is 7.79. The lowest BCUT2D eigenvalue weighted by atomic mass is 10.2. The molecule has 1 aromatic carbocycles. The van der Waals surface area contributed by atoms with Crippen molar-refractivity contribution >= 4 is 23.8 Å². The molecule has 0 aliphatic carbocycles. The average molecular weight is 388 g/mol. The standard InChI is InChI=1S/C18H16N2O8/c1-11(27-17(21)7-4-13-3-6-16(28-13)20(23)24)18(22)19-9-12-2-5-14-15(8-12)26-10-25-14/h2-8,11H,9-10H2,1H3,(H,19,22)/b7-4+/t11-/m0/s1. The minimum absolute atomic E-state index is 0.114. The molecule has 1 aliphatic rings. The largest absolute Gasteiger partial charge is 0.454 e. The number of fused-ring (bicyclic) bond motifs is 1. The normalized spacial score (nSPS) is 13.3. The van der Waals surface area contributed by atoms with Crippen molar-refractivity contribution in [1.82, 2.24) is 5.32 Å². The summed E-state index contributed by atoms with van der Waals surface area (Å²) < 4.78 is 20.4. The van der Waals surface area contributed by atoms with E-state index in [-0.39, 0.29) is 19.1 Å². The molecule has 0 fully saturated rings. The minimum Gasteiger partial charge on any atom is -0.454 e. The Bertz CT molecular complexity index is 933. The number of carbonyl (C=O) groups is 2. The third kappa shape index (κ3) is 4.67. The second-order valence-corrected chi connectivity index (χ2v) is 5.75. The van der Waals surface area contributed by atoms with E-state index in [1.807, 2.05) is 0 Å². The van der Waals surface area contributed by atoms with Gasteiger partial charge in [-0.3, -0.25) is 14.9 Å². The molecule has 10 heteroatoms. The van der Waals surface area contributed by atoms with Crippen LogP contribution >= 0.6 is 0 Å². The Hall–Kier alpha value is -3.82. The summed E-state index contributed by atoms with van der Waals surface area (Å²) >= 11 is 0. The molecule has 10 nitrogen and oxygen atoms in total. The third-order valence-corrected chi connectivity index (χ3v) is 3.74. The van der Waals surface area contributed by atoms with Gasteiger partial charge in [0.25, 0.3) is 5.91 Å². The lowest BCUT2D eigenvalue weighted by Crippen LogP contribution is -2.35. The van der Waals surface area contributed by atoms with Gasteiger partial charge in [-0.15, -0.1) is 0 Å². The molecule has 2 heterocycles. The molecule has 146 valence electrons. The van der Waals surface area contributed by atoms with Gasteiger partial charge in [-0.05, 0) is 36.8 Å². The molecule has 0 saturated carbocycles. The lowest BCUT2D eigenvalue weighted by molar-refractivity contribution is -0.402. The number of hydrogen-bond donors (Lipinski definition) is 1. The van der Waals surface area contributed by atoms with Crippen LogP contribution in [-0.2, 0) is 20.9 Å². The quantitative estimate of drug-likeness (QED) is 0.331. The van der Waals surface area contributed by atoms with Gasteiger partial charge in [0.15, 0.2) is 17.6 Å². The summed E-state index contributed by atoms with van der Waals surface area (Å²) in [5, 5.41) is 13.2. The molecule has 1 aromatic heterocycles. The Labute approximate surface area is 158 Å². The van der Waals surface area contributed by atoms with Crippen molar-refractivity contribution in [2.45, 2.75) is 19.6 Å². The fourth-order valence-corrected chi connectivity index (χ4v) is 2.33. The zero-order valence-corrected chi connectivity index (χ0v) is 14.7. The molecule has 2 aromatic rings. The Balaban J connectivity index is 1.47. The molecule has 1 aliphatic heterocycles. The van der Waals surface area contributed by atoms with Gasteiger partial charge >= 0.3 is 11.9 Å². The smallest absolute Gasteiger partial charge is 0.433 e. The summed E-state index contributed by atoms with van der Waals surface area (Å²) in [5.74, 6) is -0.341. The maximum atomic E-state index is 12.1. The first-order valence-corrected chi connectivity index (χ1v) is 8.21. The van der Waals surface area contributed by atoms with Crippen LogP contribution in [0.2, 0.25) is 0 Å². The number of nitrogens with zero attached hydrogens (tertiary/aromatic N) is 1. The van der Waals surface area contributed by atoms with Crippen LogP contribution in [0.25, 0.3) is 6.08 Å². The SMILES string of the molecule is C[C@H](OC(=O)/C=C/c1ccc([N+](=O)[O-])o1)C(=O)NCc1ccc2c(c1)OCO2. The van der Waals surface area contributed by atoms with Crippen LogP contribution in [0.4, 0.5) is 5.88 Å². The molecule has 0 spiro atoms. The van der Waals surface area contributed by atoms with Crippen molar-refractivity contribution in [1.29, 1.82) is 0 Å². The number of hydrogen-bond acceptors (Lipinski definition) is 8. The lowest BCUT2D eigenvalue weighted by Gasteiger charge is -2.12. The number of nitrogens with one attached hydrogen (secondary N) is 1. The van der Waals surface area contributed by atoms with E-state index in [4.69, 9.17) is 18.6 Å². The molecule has 3 rings (SSSR count). The van der Waals surface area contributed by atoms with Gasteiger partial charge in [0.2, 0.25) is 6.79 Å². The van der Waals surface area contributed by atoms with Crippen LogP contribution in [0.15, 0.2) is 40.8 Å². The van der Waals surface area contributed by atoms with Crippen molar-refractivity contribution < 1.29 is 33.1 Å². The highest BCUT2D eigenvalue weighted by Crippen LogP contribution is 2.32. The Morgan fingerprint density at radius 1 is 1.29 bits per heavy atom. The van der Waals surface area contributed by atoms with Crippen LogP contribution < -0.4 is 14.8 Å². The molecule has 1 N–H and O–H groups in total. The van der Waals surface area contributed by atoms with Crippen LogP contribution in [0.3, 0.4) is 0 Å². The van der Waals surface area contributed by atoms with Crippen LogP contribution in [0.5, 0.6) is 11.5 Å². The predicted octanol–water partition coefficient (Wildman–Crippen LogP) is 2.18. The zero-order valence-electron chi connectivity index (χ0n) is 14.7. The number of amides is 1. The van der Waals surface area contributed by atoms with E-state index in [0.717, 1.165) is 17.7 Å². The highest BCUT2D eigenvalue weighted by molar-refractivity contribution is 5.90. The van der Waals surface area contributed by atoms with Gasteiger partial charge < -0.3 is 23.9 Å². The molecule has 0 unspecified atom stereocenters. The van der Waals surface area contributed by atoms with E-state index in [1.54, 1.807) is 18.2 Å². The number of rotatable bonds is 7. The van der Waals surface area contributed by atoms with Gasteiger partial charge in [0.1, 0.15) is 10.7 Å².